The van der Waals surface area contributed by atoms with Crippen LogP contribution in [0.15, 0.2) is 36.5 Å². The number of rotatable bonds is 6. The van der Waals surface area contributed by atoms with Gasteiger partial charge in [-0.2, -0.15) is 5.10 Å². The highest BCUT2D eigenvalue weighted by Crippen LogP contribution is 2.20. The van der Waals surface area contributed by atoms with Crippen LogP contribution in [0.1, 0.15) is 41.5 Å². The molecule has 0 aliphatic heterocycles. The monoisotopic (exact) mass is 366 g/mol. The van der Waals surface area contributed by atoms with E-state index in [0.29, 0.717) is 24.4 Å². The number of carbonyl (C=O) groups excluding carboxylic acids is 1. The molecule has 27 heavy (non-hydrogen) atoms. The van der Waals surface area contributed by atoms with E-state index in [1.165, 1.54) is 0 Å². The lowest BCUT2D eigenvalue weighted by molar-refractivity contribution is 0.0772. The minimum atomic E-state index is -0.0624. The van der Waals surface area contributed by atoms with Crippen LogP contribution in [0.5, 0.6) is 5.75 Å². The van der Waals surface area contributed by atoms with E-state index < -0.39 is 0 Å². The lowest BCUT2D eigenvalue weighted by Crippen LogP contribution is -2.31. The lowest BCUT2D eigenvalue weighted by atomic mass is 10.1. The fraction of sp³-hybridized carbons (Fsp3) is 0.381. The van der Waals surface area contributed by atoms with Gasteiger partial charge in [0.15, 0.2) is 5.65 Å². The van der Waals surface area contributed by atoms with E-state index in [-0.39, 0.29) is 11.9 Å². The first-order chi connectivity index (χ1) is 12.9. The molecule has 142 valence electrons. The van der Waals surface area contributed by atoms with Crippen LogP contribution < -0.4 is 4.74 Å². The van der Waals surface area contributed by atoms with Gasteiger partial charge in [-0.1, -0.05) is 18.2 Å². The minimum absolute atomic E-state index is 0.0624. The highest BCUT2D eigenvalue weighted by Gasteiger charge is 2.18. The first-order valence-corrected chi connectivity index (χ1v) is 9.17. The van der Waals surface area contributed by atoms with Crippen LogP contribution in [0, 0.1) is 13.8 Å². The summed E-state index contributed by atoms with van der Waals surface area (Å²) in [7, 11) is 1.78. The molecule has 0 aliphatic carbocycles. The molecule has 0 saturated carbocycles. The summed E-state index contributed by atoms with van der Waals surface area (Å²) in [6.07, 6.45) is 1.76. The van der Waals surface area contributed by atoms with Gasteiger partial charge in [0, 0.05) is 18.5 Å². The van der Waals surface area contributed by atoms with Crippen molar-refractivity contribution in [2.24, 2.45) is 0 Å². The number of carbonyl (C=O) groups is 1. The Morgan fingerprint density at radius 1 is 1.26 bits per heavy atom. The zero-order valence-electron chi connectivity index (χ0n) is 16.6. The van der Waals surface area contributed by atoms with Crippen molar-refractivity contribution in [1.82, 2.24) is 19.7 Å². The largest absolute Gasteiger partial charge is 0.491 e. The average Bonchev–Trinajstić information content (AvgIpc) is 3.04. The van der Waals surface area contributed by atoms with Crippen molar-refractivity contribution in [3.05, 3.63) is 53.3 Å². The number of benzene rings is 1. The maximum atomic E-state index is 12.9. The molecule has 0 unspecified atom stereocenters. The van der Waals surface area contributed by atoms with E-state index in [2.05, 4.69) is 23.9 Å². The van der Waals surface area contributed by atoms with Crippen molar-refractivity contribution >= 4 is 16.9 Å². The highest BCUT2D eigenvalue weighted by molar-refractivity contribution is 5.98. The van der Waals surface area contributed by atoms with Crippen LogP contribution in [0.25, 0.3) is 11.0 Å². The summed E-state index contributed by atoms with van der Waals surface area (Å²) in [4.78, 5) is 19.2. The third-order valence-electron chi connectivity index (χ3n) is 4.60. The van der Waals surface area contributed by atoms with E-state index in [1.54, 1.807) is 18.1 Å². The number of aromatic nitrogens is 3. The van der Waals surface area contributed by atoms with Crippen LogP contribution in [0.2, 0.25) is 0 Å². The molecule has 6 heteroatoms. The summed E-state index contributed by atoms with van der Waals surface area (Å²) in [6, 6.07) is 9.96. The predicted molar refractivity (Wildman–Crippen MR) is 106 cm³/mol. The van der Waals surface area contributed by atoms with Gasteiger partial charge in [-0.15, -0.1) is 0 Å². The van der Waals surface area contributed by atoms with E-state index >= 15 is 0 Å². The zero-order valence-corrected chi connectivity index (χ0v) is 16.6. The Balaban J connectivity index is 1.71. The number of fused-ring (bicyclic) bond motifs is 1. The summed E-state index contributed by atoms with van der Waals surface area (Å²) in [5.41, 5.74) is 3.20. The molecule has 6 nitrogen and oxygen atoms in total. The molecule has 2 heterocycles. The molecule has 3 aromatic rings. The molecular weight excluding hydrogens is 340 g/mol. The fourth-order valence-electron chi connectivity index (χ4n) is 2.98. The van der Waals surface area contributed by atoms with Crippen molar-refractivity contribution in [1.29, 1.82) is 0 Å². The summed E-state index contributed by atoms with van der Waals surface area (Å²) >= 11 is 0. The standard InChI is InChI=1S/C21H26N4O2/c1-14(2)25-20-17(13-22-25)12-18(16(4)23-20)21(26)24(5)10-11-27-19-9-7-6-8-15(19)3/h6-9,12-14H,10-11H2,1-5H3. The van der Waals surface area contributed by atoms with Gasteiger partial charge in [-0.3, -0.25) is 4.79 Å². The zero-order chi connectivity index (χ0) is 19.6. The molecular formula is C21H26N4O2. The molecule has 0 fully saturated rings. The third kappa shape index (κ3) is 3.94. The number of pyridine rings is 1. The van der Waals surface area contributed by atoms with Crippen LogP contribution >= 0.6 is 0 Å². The lowest BCUT2D eigenvalue weighted by Gasteiger charge is -2.19. The Hall–Kier alpha value is -2.89. The van der Waals surface area contributed by atoms with Gasteiger partial charge in [-0.25, -0.2) is 9.67 Å². The average molecular weight is 366 g/mol. The number of hydrogen-bond acceptors (Lipinski definition) is 4. The molecule has 0 radical (unpaired) electrons. The first kappa shape index (κ1) is 18.9. The van der Waals surface area contributed by atoms with Gasteiger partial charge in [-0.05, 0) is 45.4 Å². The maximum absolute atomic E-state index is 12.9. The Morgan fingerprint density at radius 3 is 2.70 bits per heavy atom. The topological polar surface area (TPSA) is 60.2 Å². The quantitative estimate of drug-likeness (QED) is 0.666. The molecule has 2 aromatic heterocycles. The SMILES string of the molecule is Cc1ccccc1OCCN(C)C(=O)c1cc2cnn(C(C)C)c2nc1C. The van der Waals surface area contributed by atoms with Gasteiger partial charge in [0.1, 0.15) is 12.4 Å². The van der Waals surface area contributed by atoms with E-state index in [1.807, 2.05) is 48.9 Å². The fourth-order valence-corrected chi connectivity index (χ4v) is 2.98. The molecule has 0 atom stereocenters. The molecule has 0 saturated heterocycles. The summed E-state index contributed by atoms with van der Waals surface area (Å²) in [6.45, 7) is 8.92. The molecule has 3 rings (SSSR count). The minimum Gasteiger partial charge on any atom is -0.491 e. The summed E-state index contributed by atoms with van der Waals surface area (Å²) < 4.78 is 7.67. The second-order valence-corrected chi connectivity index (χ2v) is 7.06. The Labute approximate surface area is 159 Å². The van der Waals surface area contributed by atoms with Gasteiger partial charge in [0.2, 0.25) is 0 Å². The molecule has 1 amide bonds. The van der Waals surface area contributed by atoms with Crippen LogP contribution in [0.4, 0.5) is 0 Å². The normalized spacial score (nSPS) is 11.2. The first-order valence-electron chi connectivity index (χ1n) is 9.17. The molecule has 0 N–H and O–H groups in total. The third-order valence-corrected chi connectivity index (χ3v) is 4.60. The van der Waals surface area contributed by atoms with E-state index in [0.717, 1.165) is 22.3 Å². The highest BCUT2D eigenvalue weighted by atomic mass is 16.5. The smallest absolute Gasteiger partial charge is 0.255 e. The van der Waals surface area contributed by atoms with Crippen molar-refractivity contribution in [3.63, 3.8) is 0 Å². The van der Waals surface area contributed by atoms with Gasteiger partial charge < -0.3 is 9.64 Å². The predicted octanol–water partition coefficient (Wildman–Crippen LogP) is 3.78. The van der Waals surface area contributed by atoms with E-state index in [4.69, 9.17) is 4.74 Å². The molecule has 0 aliphatic rings. The van der Waals surface area contributed by atoms with Crippen molar-refractivity contribution in [2.75, 3.05) is 20.2 Å². The van der Waals surface area contributed by atoms with Crippen LogP contribution in [-0.4, -0.2) is 45.8 Å². The van der Waals surface area contributed by atoms with E-state index in [9.17, 15) is 4.79 Å². The maximum Gasteiger partial charge on any atom is 0.255 e. The van der Waals surface area contributed by atoms with Gasteiger partial charge >= 0.3 is 0 Å². The van der Waals surface area contributed by atoms with Gasteiger partial charge in [0.25, 0.3) is 5.91 Å². The number of likely N-dealkylation sites (N-methyl/N-ethyl adjacent to an activating group) is 1. The number of ether oxygens (including phenoxy) is 1. The Bertz CT molecular complexity index is 962. The number of amides is 1. The van der Waals surface area contributed by atoms with Gasteiger partial charge in [0.05, 0.1) is 24.0 Å². The Kier molecular flexibility index (Phi) is 5.44. The number of hydrogen-bond donors (Lipinski definition) is 0. The number of aryl methyl sites for hydroxylation is 2. The Morgan fingerprint density at radius 2 is 2.00 bits per heavy atom. The van der Waals surface area contributed by atoms with Crippen molar-refractivity contribution < 1.29 is 9.53 Å². The molecule has 0 spiro atoms. The van der Waals surface area contributed by atoms with Crippen LogP contribution in [-0.2, 0) is 0 Å². The second-order valence-electron chi connectivity index (χ2n) is 7.06. The number of para-hydroxylation sites is 1. The molecule has 0 bridgehead atoms. The summed E-state index contributed by atoms with van der Waals surface area (Å²) in [5.74, 6) is 0.784. The van der Waals surface area contributed by atoms with Crippen molar-refractivity contribution in [3.8, 4) is 5.75 Å². The molecule has 1 aromatic carbocycles. The number of nitrogens with zero attached hydrogens (tertiary/aromatic N) is 4. The second kappa shape index (κ2) is 7.78. The van der Waals surface area contributed by atoms with Crippen molar-refractivity contribution in [2.45, 2.75) is 33.7 Å². The van der Waals surface area contributed by atoms with Crippen LogP contribution in [0.3, 0.4) is 0 Å². The summed E-state index contributed by atoms with van der Waals surface area (Å²) in [5, 5.41) is 5.26.